The average Bonchev–Trinajstić information content (AvgIpc) is 2.62. The predicted molar refractivity (Wildman–Crippen MR) is 83.6 cm³/mol. The van der Waals surface area contributed by atoms with Gasteiger partial charge in [0, 0.05) is 35.3 Å². The first-order valence-corrected chi connectivity index (χ1v) is 7.92. The summed E-state index contributed by atoms with van der Waals surface area (Å²) in [6, 6.07) is 6.63. The van der Waals surface area contributed by atoms with Gasteiger partial charge in [0.1, 0.15) is 0 Å². The van der Waals surface area contributed by atoms with Crippen LogP contribution in [0.4, 0.5) is 5.69 Å². The zero-order valence-corrected chi connectivity index (χ0v) is 13.3. The highest BCUT2D eigenvalue weighted by Gasteiger charge is 2.36. The molecule has 0 spiro atoms. The van der Waals surface area contributed by atoms with Gasteiger partial charge in [0.05, 0.1) is 5.56 Å². The molecule has 1 aromatic carbocycles. The van der Waals surface area contributed by atoms with Gasteiger partial charge in [-0.1, -0.05) is 15.9 Å². The number of halogens is 1. The van der Waals surface area contributed by atoms with E-state index in [2.05, 4.69) is 27.9 Å². The van der Waals surface area contributed by atoms with Crippen molar-refractivity contribution in [2.45, 2.75) is 31.3 Å². The lowest BCUT2D eigenvalue weighted by Crippen LogP contribution is -2.39. The van der Waals surface area contributed by atoms with E-state index in [0.29, 0.717) is 23.3 Å². The Morgan fingerprint density at radius 1 is 1.30 bits per heavy atom. The molecule has 2 aliphatic rings. The molecular weight excluding hydrogens is 318 g/mol. The van der Waals surface area contributed by atoms with E-state index in [1.54, 1.807) is 6.07 Å². The van der Waals surface area contributed by atoms with Crippen molar-refractivity contribution in [1.29, 1.82) is 0 Å². The summed E-state index contributed by atoms with van der Waals surface area (Å²) >= 11 is 3.38. The standard InChI is InChI=1S/C15H20BrN3O/c1-18-11-3-4-12(18)9-19(7-6-11)15(20)13-5-2-10(16)8-14(13)17/h2,5,8,11-12H,3-4,6-7,9,17H2,1H3. The summed E-state index contributed by atoms with van der Waals surface area (Å²) in [5.74, 6) is 0.0657. The molecule has 2 heterocycles. The van der Waals surface area contributed by atoms with Crippen LogP contribution in [0.3, 0.4) is 0 Å². The van der Waals surface area contributed by atoms with E-state index in [9.17, 15) is 4.79 Å². The van der Waals surface area contributed by atoms with E-state index < -0.39 is 0 Å². The molecule has 2 fully saturated rings. The molecule has 3 rings (SSSR count). The van der Waals surface area contributed by atoms with Gasteiger partial charge in [0.2, 0.25) is 0 Å². The summed E-state index contributed by atoms with van der Waals surface area (Å²) in [6.07, 6.45) is 3.53. The quantitative estimate of drug-likeness (QED) is 0.800. The third-order valence-corrected chi connectivity index (χ3v) is 5.17. The molecule has 20 heavy (non-hydrogen) atoms. The second-order valence-corrected chi connectivity index (χ2v) is 6.74. The molecule has 2 atom stereocenters. The summed E-state index contributed by atoms with van der Waals surface area (Å²) in [4.78, 5) is 17.1. The number of likely N-dealkylation sites (N-methyl/N-ethyl adjacent to an activating group) is 1. The van der Waals surface area contributed by atoms with Crippen LogP contribution in [0.5, 0.6) is 0 Å². The fraction of sp³-hybridized carbons (Fsp3) is 0.533. The van der Waals surface area contributed by atoms with E-state index in [4.69, 9.17) is 5.73 Å². The van der Waals surface area contributed by atoms with Crippen LogP contribution in [0.25, 0.3) is 0 Å². The first kappa shape index (κ1) is 13.9. The number of nitrogen functional groups attached to an aromatic ring is 1. The fourth-order valence-corrected chi connectivity index (χ4v) is 3.77. The van der Waals surface area contributed by atoms with Gasteiger partial charge in [-0.25, -0.2) is 0 Å². The zero-order valence-electron chi connectivity index (χ0n) is 11.7. The summed E-state index contributed by atoms with van der Waals surface area (Å²) < 4.78 is 0.904. The summed E-state index contributed by atoms with van der Waals surface area (Å²) in [7, 11) is 2.18. The highest BCUT2D eigenvalue weighted by Crippen LogP contribution is 2.29. The molecule has 1 amide bonds. The molecule has 2 aliphatic heterocycles. The lowest BCUT2D eigenvalue weighted by molar-refractivity contribution is 0.0741. The average molecular weight is 338 g/mol. The van der Waals surface area contributed by atoms with Gasteiger partial charge in [0.25, 0.3) is 5.91 Å². The van der Waals surface area contributed by atoms with E-state index in [1.165, 1.54) is 12.8 Å². The Bertz CT molecular complexity index is 534. The van der Waals surface area contributed by atoms with Gasteiger partial charge in [-0.05, 0) is 44.5 Å². The monoisotopic (exact) mass is 337 g/mol. The van der Waals surface area contributed by atoms with Gasteiger partial charge >= 0.3 is 0 Å². The van der Waals surface area contributed by atoms with Crippen molar-refractivity contribution in [3.05, 3.63) is 28.2 Å². The van der Waals surface area contributed by atoms with Gasteiger partial charge in [-0.15, -0.1) is 0 Å². The van der Waals surface area contributed by atoms with Crippen molar-refractivity contribution >= 4 is 27.5 Å². The van der Waals surface area contributed by atoms with Crippen LogP contribution in [0, 0.1) is 0 Å². The predicted octanol–water partition coefficient (Wildman–Crippen LogP) is 2.34. The normalized spacial score (nSPS) is 26.6. The molecule has 108 valence electrons. The fourth-order valence-electron chi connectivity index (χ4n) is 3.39. The van der Waals surface area contributed by atoms with Crippen LogP contribution < -0.4 is 5.73 Å². The number of carbonyl (C=O) groups excluding carboxylic acids is 1. The molecule has 0 saturated carbocycles. The Morgan fingerprint density at radius 2 is 2.05 bits per heavy atom. The number of carbonyl (C=O) groups is 1. The zero-order chi connectivity index (χ0) is 14.3. The molecule has 2 saturated heterocycles. The number of likely N-dealkylation sites (tertiary alicyclic amines) is 1. The molecule has 0 aromatic heterocycles. The number of nitrogens with two attached hydrogens (primary N) is 1. The van der Waals surface area contributed by atoms with Crippen LogP contribution in [-0.4, -0.2) is 47.9 Å². The molecular formula is C15H20BrN3O. The second-order valence-electron chi connectivity index (χ2n) is 5.82. The van der Waals surface area contributed by atoms with Crippen LogP contribution in [0.15, 0.2) is 22.7 Å². The van der Waals surface area contributed by atoms with Gasteiger partial charge in [0.15, 0.2) is 0 Å². The third-order valence-electron chi connectivity index (χ3n) is 4.68. The number of hydrogen-bond acceptors (Lipinski definition) is 3. The SMILES string of the molecule is CN1C2CCC1CN(C(=O)c1ccc(Br)cc1N)CC2. The van der Waals surface area contributed by atoms with Crippen LogP contribution >= 0.6 is 15.9 Å². The van der Waals surface area contributed by atoms with Crippen molar-refractivity contribution in [3.8, 4) is 0 Å². The van der Waals surface area contributed by atoms with Gasteiger partial charge in [-0.3, -0.25) is 9.69 Å². The van der Waals surface area contributed by atoms with Gasteiger partial charge in [-0.2, -0.15) is 0 Å². The van der Waals surface area contributed by atoms with Crippen molar-refractivity contribution in [3.63, 3.8) is 0 Å². The number of anilines is 1. The van der Waals surface area contributed by atoms with Crippen LogP contribution in [-0.2, 0) is 0 Å². The number of fused-ring (bicyclic) bond motifs is 2. The smallest absolute Gasteiger partial charge is 0.255 e. The summed E-state index contributed by atoms with van der Waals surface area (Å²) in [5, 5.41) is 0. The number of benzene rings is 1. The van der Waals surface area contributed by atoms with Crippen molar-refractivity contribution in [2.75, 3.05) is 25.9 Å². The molecule has 0 aliphatic carbocycles. The van der Waals surface area contributed by atoms with Crippen LogP contribution in [0.1, 0.15) is 29.6 Å². The number of rotatable bonds is 1. The molecule has 2 N–H and O–H groups in total. The number of hydrogen-bond donors (Lipinski definition) is 1. The molecule has 1 aromatic rings. The Kier molecular flexibility index (Phi) is 3.73. The second kappa shape index (κ2) is 5.37. The van der Waals surface area contributed by atoms with E-state index in [0.717, 1.165) is 24.0 Å². The Labute approximate surface area is 128 Å². The number of amides is 1. The Balaban J connectivity index is 1.80. The lowest BCUT2D eigenvalue weighted by atomic mass is 10.1. The molecule has 4 nitrogen and oxygen atoms in total. The maximum atomic E-state index is 12.7. The maximum Gasteiger partial charge on any atom is 0.255 e. The lowest BCUT2D eigenvalue weighted by Gasteiger charge is -2.26. The molecule has 2 unspecified atom stereocenters. The molecule has 2 bridgehead atoms. The summed E-state index contributed by atoms with van der Waals surface area (Å²) in [5.41, 5.74) is 7.15. The minimum atomic E-state index is 0.0657. The van der Waals surface area contributed by atoms with E-state index in [-0.39, 0.29) is 5.91 Å². The highest BCUT2D eigenvalue weighted by molar-refractivity contribution is 9.10. The van der Waals surface area contributed by atoms with E-state index in [1.807, 2.05) is 17.0 Å². The van der Waals surface area contributed by atoms with Crippen molar-refractivity contribution in [2.24, 2.45) is 0 Å². The Morgan fingerprint density at radius 3 is 2.80 bits per heavy atom. The third kappa shape index (κ3) is 2.44. The topological polar surface area (TPSA) is 49.6 Å². The van der Waals surface area contributed by atoms with Gasteiger partial charge < -0.3 is 10.6 Å². The first-order chi connectivity index (χ1) is 9.56. The van der Waals surface area contributed by atoms with Crippen molar-refractivity contribution in [1.82, 2.24) is 9.80 Å². The first-order valence-electron chi connectivity index (χ1n) is 7.12. The highest BCUT2D eigenvalue weighted by atomic mass is 79.9. The number of nitrogens with zero attached hydrogens (tertiary/aromatic N) is 2. The summed E-state index contributed by atoms with van der Waals surface area (Å²) in [6.45, 7) is 1.65. The van der Waals surface area contributed by atoms with E-state index >= 15 is 0 Å². The maximum absolute atomic E-state index is 12.7. The van der Waals surface area contributed by atoms with Crippen LogP contribution in [0.2, 0.25) is 0 Å². The Hall–Kier alpha value is -1.07. The minimum absolute atomic E-state index is 0.0657. The minimum Gasteiger partial charge on any atom is -0.398 e. The largest absolute Gasteiger partial charge is 0.398 e. The molecule has 0 radical (unpaired) electrons. The van der Waals surface area contributed by atoms with Crippen molar-refractivity contribution < 1.29 is 4.79 Å². The molecule has 5 heteroatoms.